The highest BCUT2D eigenvalue weighted by Gasteiger charge is 2.48. The summed E-state index contributed by atoms with van der Waals surface area (Å²) in [5.41, 5.74) is 1.02. The summed E-state index contributed by atoms with van der Waals surface area (Å²) in [5.74, 6) is -1.87. The van der Waals surface area contributed by atoms with Crippen molar-refractivity contribution in [2.75, 3.05) is 0 Å². The van der Waals surface area contributed by atoms with Gasteiger partial charge < -0.3 is 10.4 Å². The summed E-state index contributed by atoms with van der Waals surface area (Å²) in [4.78, 5) is 22.4. The molecule has 1 saturated carbocycles. The van der Waals surface area contributed by atoms with E-state index >= 15 is 0 Å². The maximum atomic E-state index is 11.7. The van der Waals surface area contributed by atoms with Gasteiger partial charge in [0.25, 0.3) is 0 Å². The third kappa shape index (κ3) is 2.64. The van der Waals surface area contributed by atoms with Gasteiger partial charge in [-0.05, 0) is 18.9 Å². The lowest BCUT2D eigenvalue weighted by Crippen LogP contribution is -2.29. The van der Waals surface area contributed by atoms with Gasteiger partial charge in [0.15, 0.2) is 0 Å². The lowest BCUT2D eigenvalue weighted by atomic mass is 10.1. The first-order chi connectivity index (χ1) is 8.09. The fourth-order valence-corrected chi connectivity index (χ4v) is 1.90. The Bertz CT molecular complexity index is 430. The zero-order valence-electron chi connectivity index (χ0n) is 9.59. The monoisotopic (exact) mass is 233 g/mol. The average Bonchev–Trinajstić information content (AvgIpc) is 3.10. The molecule has 0 unspecified atom stereocenters. The van der Waals surface area contributed by atoms with Crippen molar-refractivity contribution < 1.29 is 14.7 Å². The Morgan fingerprint density at radius 1 is 1.29 bits per heavy atom. The Labute approximate surface area is 99.6 Å². The van der Waals surface area contributed by atoms with E-state index in [4.69, 9.17) is 5.11 Å². The first kappa shape index (κ1) is 11.6. The lowest BCUT2D eigenvalue weighted by Gasteiger charge is -2.13. The van der Waals surface area contributed by atoms with Gasteiger partial charge in [-0.2, -0.15) is 0 Å². The van der Waals surface area contributed by atoms with Crippen molar-refractivity contribution >= 4 is 11.9 Å². The molecule has 4 nitrogen and oxygen atoms in total. The van der Waals surface area contributed by atoms with Crippen LogP contribution in [-0.2, 0) is 9.59 Å². The number of rotatable bonds is 4. The first-order valence-electron chi connectivity index (χ1n) is 5.67. The average molecular weight is 233 g/mol. The molecule has 0 aromatic heterocycles. The van der Waals surface area contributed by atoms with Crippen LogP contribution in [0.5, 0.6) is 0 Å². The molecule has 3 atom stereocenters. The van der Waals surface area contributed by atoms with Crippen molar-refractivity contribution in [1.29, 1.82) is 0 Å². The molecule has 1 amide bonds. The number of carboxylic acid groups (broad SMARTS) is 1. The topological polar surface area (TPSA) is 66.4 Å². The predicted octanol–water partition coefficient (Wildman–Crippen LogP) is 1.58. The van der Waals surface area contributed by atoms with Crippen LogP contribution >= 0.6 is 0 Å². The number of carbonyl (C=O) groups excluding carboxylic acids is 1. The van der Waals surface area contributed by atoms with Crippen LogP contribution in [0.3, 0.4) is 0 Å². The van der Waals surface area contributed by atoms with E-state index in [0.717, 1.165) is 5.56 Å². The van der Waals surface area contributed by atoms with E-state index in [9.17, 15) is 9.59 Å². The highest BCUT2D eigenvalue weighted by molar-refractivity contribution is 5.89. The quantitative estimate of drug-likeness (QED) is 0.829. The Kier molecular flexibility index (Phi) is 3.13. The van der Waals surface area contributed by atoms with Crippen LogP contribution in [0, 0.1) is 11.8 Å². The van der Waals surface area contributed by atoms with Crippen molar-refractivity contribution in [2.24, 2.45) is 11.8 Å². The molecule has 4 heteroatoms. The second-order valence-corrected chi connectivity index (χ2v) is 4.43. The van der Waals surface area contributed by atoms with Crippen LogP contribution in [0.1, 0.15) is 24.9 Å². The van der Waals surface area contributed by atoms with Crippen LogP contribution < -0.4 is 5.32 Å². The minimum absolute atomic E-state index is 0.0845. The Morgan fingerprint density at radius 2 is 1.94 bits per heavy atom. The minimum Gasteiger partial charge on any atom is -0.481 e. The highest BCUT2D eigenvalue weighted by atomic mass is 16.4. The van der Waals surface area contributed by atoms with Crippen LogP contribution in [0.2, 0.25) is 0 Å². The third-order valence-corrected chi connectivity index (χ3v) is 3.10. The fraction of sp³-hybridized carbons (Fsp3) is 0.385. The maximum absolute atomic E-state index is 11.7. The van der Waals surface area contributed by atoms with Crippen molar-refractivity contribution in [1.82, 2.24) is 5.32 Å². The van der Waals surface area contributed by atoms with E-state index in [-0.39, 0.29) is 17.9 Å². The van der Waals surface area contributed by atoms with E-state index in [1.165, 1.54) is 0 Å². The Morgan fingerprint density at radius 3 is 2.47 bits per heavy atom. The van der Waals surface area contributed by atoms with Gasteiger partial charge in [0.1, 0.15) is 0 Å². The second-order valence-electron chi connectivity index (χ2n) is 4.43. The van der Waals surface area contributed by atoms with Crippen LogP contribution in [-0.4, -0.2) is 17.0 Å². The molecule has 0 bridgehead atoms. The number of hydrogen-bond donors (Lipinski definition) is 2. The zero-order chi connectivity index (χ0) is 12.4. The summed E-state index contributed by atoms with van der Waals surface area (Å²) in [7, 11) is 0. The molecule has 0 heterocycles. The van der Waals surface area contributed by atoms with Gasteiger partial charge in [0.2, 0.25) is 5.91 Å². The van der Waals surface area contributed by atoms with Gasteiger partial charge in [-0.15, -0.1) is 0 Å². The summed E-state index contributed by atoms with van der Waals surface area (Å²) in [6, 6.07) is 9.53. The summed E-state index contributed by atoms with van der Waals surface area (Å²) >= 11 is 0. The molecule has 0 spiro atoms. The number of carbonyl (C=O) groups is 2. The summed E-state index contributed by atoms with van der Waals surface area (Å²) in [6.45, 7) is 1.89. The number of aliphatic carboxylic acids is 1. The Hall–Kier alpha value is -1.84. The predicted molar refractivity (Wildman–Crippen MR) is 62.2 cm³/mol. The smallest absolute Gasteiger partial charge is 0.307 e. The third-order valence-electron chi connectivity index (χ3n) is 3.10. The van der Waals surface area contributed by atoms with E-state index in [2.05, 4.69) is 5.32 Å². The second kappa shape index (κ2) is 4.57. The molecular weight excluding hydrogens is 218 g/mol. The van der Waals surface area contributed by atoms with Gasteiger partial charge in [0, 0.05) is 0 Å². The number of amides is 1. The molecule has 0 saturated heterocycles. The number of nitrogens with one attached hydrogen (secondary N) is 1. The lowest BCUT2D eigenvalue weighted by molar-refractivity contribution is -0.140. The van der Waals surface area contributed by atoms with Gasteiger partial charge in [-0.1, -0.05) is 30.3 Å². The SMILES string of the molecule is C[C@@H](NC(=O)[C@@H]1C[C@H]1C(=O)O)c1ccccc1. The van der Waals surface area contributed by atoms with Crippen LogP contribution in [0.25, 0.3) is 0 Å². The van der Waals surface area contributed by atoms with Crippen molar-refractivity contribution in [3.8, 4) is 0 Å². The Balaban J connectivity index is 1.90. The molecule has 2 N–H and O–H groups in total. The van der Waals surface area contributed by atoms with Crippen LogP contribution in [0.15, 0.2) is 30.3 Å². The number of benzene rings is 1. The van der Waals surface area contributed by atoms with E-state index in [1.54, 1.807) is 0 Å². The summed E-state index contributed by atoms with van der Waals surface area (Å²) in [5, 5.41) is 11.6. The van der Waals surface area contributed by atoms with E-state index in [1.807, 2.05) is 37.3 Å². The molecule has 0 aliphatic heterocycles. The molecule has 17 heavy (non-hydrogen) atoms. The largest absolute Gasteiger partial charge is 0.481 e. The molecule has 1 fully saturated rings. The van der Waals surface area contributed by atoms with E-state index in [0.29, 0.717) is 6.42 Å². The molecular formula is C13H15NO3. The standard InChI is InChI=1S/C13H15NO3/c1-8(9-5-3-2-4-6-9)14-12(15)10-7-11(10)13(16)17/h2-6,8,10-11H,7H2,1H3,(H,14,15)(H,16,17)/t8-,10-,11-/m1/s1. The molecule has 1 aliphatic rings. The normalized spacial score (nSPS) is 23.8. The molecule has 2 rings (SSSR count). The van der Waals surface area contributed by atoms with E-state index < -0.39 is 11.9 Å². The van der Waals surface area contributed by atoms with Crippen molar-refractivity contribution in [2.45, 2.75) is 19.4 Å². The number of carboxylic acids is 1. The van der Waals surface area contributed by atoms with Crippen LogP contribution in [0.4, 0.5) is 0 Å². The van der Waals surface area contributed by atoms with Crippen molar-refractivity contribution in [3.05, 3.63) is 35.9 Å². The highest BCUT2D eigenvalue weighted by Crippen LogP contribution is 2.39. The molecule has 0 radical (unpaired) electrons. The first-order valence-corrected chi connectivity index (χ1v) is 5.67. The summed E-state index contributed by atoms with van der Waals surface area (Å²) in [6.07, 6.45) is 0.461. The maximum Gasteiger partial charge on any atom is 0.307 e. The molecule has 1 aromatic carbocycles. The van der Waals surface area contributed by atoms with Gasteiger partial charge in [0.05, 0.1) is 17.9 Å². The molecule has 1 aromatic rings. The number of hydrogen-bond acceptors (Lipinski definition) is 2. The molecule has 90 valence electrons. The summed E-state index contributed by atoms with van der Waals surface area (Å²) < 4.78 is 0. The van der Waals surface area contributed by atoms with Gasteiger partial charge in [-0.25, -0.2) is 0 Å². The van der Waals surface area contributed by atoms with Crippen molar-refractivity contribution in [3.63, 3.8) is 0 Å². The zero-order valence-corrected chi connectivity index (χ0v) is 9.59. The fourth-order valence-electron chi connectivity index (χ4n) is 1.90. The van der Waals surface area contributed by atoms with Gasteiger partial charge >= 0.3 is 5.97 Å². The minimum atomic E-state index is -0.877. The molecule has 1 aliphatic carbocycles. The van der Waals surface area contributed by atoms with Gasteiger partial charge in [-0.3, -0.25) is 9.59 Å².